The molecule has 0 unspecified atom stereocenters. The second-order valence-corrected chi connectivity index (χ2v) is 2.68. The summed E-state index contributed by atoms with van der Waals surface area (Å²) < 4.78 is 0. The molecule has 0 saturated heterocycles. The molecule has 0 atom stereocenters. The van der Waals surface area contributed by atoms with Crippen LogP contribution in [0.5, 0.6) is 0 Å². The van der Waals surface area contributed by atoms with Crippen LogP contribution in [0.15, 0.2) is 0 Å². The zero-order chi connectivity index (χ0) is 8.53. The third-order valence-electron chi connectivity index (χ3n) is 1.58. The van der Waals surface area contributed by atoms with Gasteiger partial charge in [-0.15, -0.1) is 0 Å². The molecule has 0 radical (unpaired) electrons. The standard InChI is InChI=1S/C6H10O.C2H8N2/c7-6-4-2-1-3-5-6;3-1-2-4/h1-5H2;1-4H2. The monoisotopic (exact) mass is 158 g/mol. The third-order valence-corrected chi connectivity index (χ3v) is 1.58. The first-order valence-corrected chi connectivity index (χ1v) is 4.23. The fourth-order valence-corrected chi connectivity index (χ4v) is 0.946. The van der Waals surface area contributed by atoms with Crippen molar-refractivity contribution in [1.82, 2.24) is 0 Å². The first-order chi connectivity index (χ1) is 5.31. The van der Waals surface area contributed by atoms with E-state index in [2.05, 4.69) is 0 Å². The van der Waals surface area contributed by atoms with Gasteiger partial charge >= 0.3 is 0 Å². The van der Waals surface area contributed by atoms with E-state index >= 15 is 0 Å². The lowest BCUT2D eigenvalue weighted by molar-refractivity contribution is -0.120. The number of carbonyl (C=O) groups is 1. The average molecular weight is 158 g/mol. The zero-order valence-corrected chi connectivity index (χ0v) is 7.01. The molecule has 0 aliphatic heterocycles. The summed E-state index contributed by atoms with van der Waals surface area (Å²) in [6, 6.07) is 0. The minimum Gasteiger partial charge on any atom is -0.329 e. The van der Waals surface area contributed by atoms with Gasteiger partial charge in [0.25, 0.3) is 0 Å². The Morgan fingerprint density at radius 2 is 1.45 bits per heavy atom. The minimum absolute atomic E-state index is 0.464. The highest BCUT2D eigenvalue weighted by Crippen LogP contribution is 2.12. The van der Waals surface area contributed by atoms with Crippen LogP contribution in [0.3, 0.4) is 0 Å². The van der Waals surface area contributed by atoms with E-state index in [1.165, 1.54) is 6.42 Å². The summed E-state index contributed by atoms with van der Waals surface area (Å²) in [7, 11) is 0. The Labute approximate surface area is 68.1 Å². The van der Waals surface area contributed by atoms with Crippen molar-refractivity contribution in [2.45, 2.75) is 32.1 Å². The molecule has 0 amide bonds. The van der Waals surface area contributed by atoms with Crippen molar-refractivity contribution in [3.8, 4) is 0 Å². The molecule has 66 valence electrons. The van der Waals surface area contributed by atoms with E-state index in [9.17, 15) is 4.79 Å². The number of Topliss-reactive ketones (excluding diaryl/α,β-unsaturated/α-hetero) is 1. The van der Waals surface area contributed by atoms with Gasteiger partial charge in [0, 0.05) is 25.9 Å². The van der Waals surface area contributed by atoms with Crippen LogP contribution in [-0.4, -0.2) is 18.9 Å². The normalized spacial score (nSPS) is 17.1. The van der Waals surface area contributed by atoms with E-state index in [0.29, 0.717) is 18.9 Å². The lowest BCUT2D eigenvalue weighted by atomic mass is 10.00. The molecule has 1 saturated carbocycles. The molecule has 3 nitrogen and oxygen atoms in total. The number of hydrogen-bond acceptors (Lipinski definition) is 3. The van der Waals surface area contributed by atoms with E-state index < -0.39 is 0 Å². The summed E-state index contributed by atoms with van der Waals surface area (Å²) in [5, 5.41) is 0. The molecule has 3 heteroatoms. The maximum absolute atomic E-state index is 10.5. The average Bonchev–Trinajstić information content (AvgIpc) is 2.07. The van der Waals surface area contributed by atoms with Crippen molar-refractivity contribution in [2.24, 2.45) is 11.5 Å². The van der Waals surface area contributed by atoms with E-state index in [-0.39, 0.29) is 0 Å². The molecule has 0 aromatic carbocycles. The van der Waals surface area contributed by atoms with Gasteiger partial charge in [0.1, 0.15) is 5.78 Å². The Morgan fingerprint density at radius 1 is 1.00 bits per heavy atom. The van der Waals surface area contributed by atoms with Crippen LogP contribution >= 0.6 is 0 Å². The second-order valence-electron chi connectivity index (χ2n) is 2.68. The van der Waals surface area contributed by atoms with Crippen LogP contribution < -0.4 is 11.5 Å². The van der Waals surface area contributed by atoms with Crippen LogP contribution in [0, 0.1) is 0 Å². The van der Waals surface area contributed by atoms with Crippen molar-refractivity contribution < 1.29 is 4.79 Å². The molecule has 1 aliphatic rings. The van der Waals surface area contributed by atoms with Crippen LogP contribution in [-0.2, 0) is 4.79 Å². The predicted octanol–water partition coefficient (Wildman–Crippen LogP) is 0.423. The van der Waals surface area contributed by atoms with Gasteiger partial charge in [-0.1, -0.05) is 6.42 Å². The Balaban J connectivity index is 0.000000218. The van der Waals surface area contributed by atoms with Crippen molar-refractivity contribution in [2.75, 3.05) is 13.1 Å². The number of ketones is 1. The van der Waals surface area contributed by atoms with Gasteiger partial charge < -0.3 is 11.5 Å². The number of hydrogen-bond donors (Lipinski definition) is 2. The fraction of sp³-hybridized carbons (Fsp3) is 0.875. The largest absolute Gasteiger partial charge is 0.329 e. The molecule has 0 aromatic rings. The molecule has 4 N–H and O–H groups in total. The quantitative estimate of drug-likeness (QED) is 0.581. The molecule has 0 bridgehead atoms. The van der Waals surface area contributed by atoms with Gasteiger partial charge in [0.05, 0.1) is 0 Å². The first-order valence-electron chi connectivity index (χ1n) is 4.23. The zero-order valence-electron chi connectivity index (χ0n) is 7.01. The van der Waals surface area contributed by atoms with Crippen LogP contribution in [0.2, 0.25) is 0 Å². The summed E-state index contributed by atoms with van der Waals surface area (Å²) in [4.78, 5) is 10.5. The lowest BCUT2D eigenvalue weighted by Gasteiger charge is -2.05. The number of rotatable bonds is 1. The Hall–Kier alpha value is -0.410. The number of nitrogens with two attached hydrogens (primary N) is 2. The van der Waals surface area contributed by atoms with Gasteiger partial charge in [-0.25, -0.2) is 0 Å². The maximum atomic E-state index is 10.5. The Kier molecular flexibility index (Phi) is 7.41. The van der Waals surface area contributed by atoms with Gasteiger partial charge in [0.2, 0.25) is 0 Å². The lowest BCUT2D eigenvalue weighted by Crippen LogP contribution is -2.11. The molecule has 1 aliphatic carbocycles. The summed E-state index contributed by atoms with van der Waals surface area (Å²) in [5.41, 5.74) is 9.81. The maximum Gasteiger partial charge on any atom is 0.132 e. The van der Waals surface area contributed by atoms with Gasteiger partial charge in [-0.2, -0.15) is 0 Å². The molecule has 0 heterocycles. The SMILES string of the molecule is NCCN.O=C1CCCCC1. The van der Waals surface area contributed by atoms with E-state index in [0.717, 1.165) is 25.7 Å². The van der Waals surface area contributed by atoms with Gasteiger partial charge in [-0.3, -0.25) is 4.79 Å². The molecule has 11 heavy (non-hydrogen) atoms. The second kappa shape index (κ2) is 7.69. The molecule has 0 aromatic heterocycles. The summed E-state index contributed by atoms with van der Waals surface area (Å²) in [6.07, 6.45) is 5.24. The smallest absolute Gasteiger partial charge is 0.132 e. The molecular formula is C8H18N2O. The highest BCUT2D eigenvalue weighted by Gasteiger charge is 2.05. The van der Waals surface area contributed by atoms with Crippen LogP contribution in [0.25, 0.3) is 0 Å². The third kappa shape index (κ3) is 7.49. The Bertz CT molecular complexity index is 94.3. The fourth-order valence-electron chi connectivity index (χ4n) is 0.946. The highest BCUT2D eigenvalue weighted by molar-refractivity contribution is 5.78. The predicted molar refractivity (Wildman–Crippen MR) is 46.2 cm³/mol. The van der Waals surface area contributed by atoms with E-state index in [4.69, 9.17) is 11.5 Å². The van der Waals surface area contributed by atoms with Crippen molar-refractivity contribution in [3.63, 3.8) is 0 Å². The molecule has 0 spiro atoms. The first kappa shape index (κ1) is 10.6. The van der Waals surface area contributed by atoms with Crippen molar-refractivity contribution in [3.05, 3.63) is 0 Å². The topological polar surface area (TPSA) is 69.1 Å². The van der Waals surface area contributed by atoms with E-state index in [1.807, 2.05) is 0 Å². The molecular weight excluding hydrogens is 140 g/mol. The van der Waals surface area contributed by atoms with Crippen molar-refractivity contribution in [1.29, 1.82) is 0 Å². The van der Waals surface area contributed by atoms with E-state index in [1.54, 1.807) is 0 Å². The van der Waals surface area contributed by atoms with Crippen LogP contribution in [0.4, 0.5) is 0 Å². The molecule has 1 fully saturated rings. The Morgan fingerprint density at radius 3 is 1.64 bits per heavy atom. The summed E-state index contributed by atoms with van der Waals surface area (Å²) in [5.74, 6) is 0.464. The highest BCUT2D eigenvalue weighted by atomic mass is 16.1. The van der Waals surface area contributed by atoms with Crippen LogP contribution in [0.1, 0.15) is 32.1 Å². The van der Waals surface area contributed by atoms with Gasteiger partial charge in [0.15, 0.2) is 0 Å². The van der Waals surface area contributed by atoms with Gasteiger partial charge in [-0.05, 0) is 12.8 Å². The molecule has 1 rings (SSSR count). The van der Waals surface area contributed by atoms with Crippen molar-refractivity contribution >= 4 is 5.78 Å². The summed E-state index contributed by atoms with van der Waals surface area (Å²) >= 11 is 0. The summed E-state index contributed by atoms with van der Waals surface area (Å²) in [6.45, 7) is 1.19. The minimum atomic E-state index is 0.464. The number of carbonyl (C=O) groups excluding carboxylic acids is 1.